The van der Waals surface area contributed by atoms with Crippen LogP contribution in [0.3, 0.4) is 0 Å². The maximum absolute atomic E-state index is 10.3. The summed E-state index contributed by atoms with van der Waals surface area (Å²) in [6, 6.07) is 67.6. The van der Waals surface area contributed by atoms with Crippen LogP contribution in [0.4, 0.5) is 0 Å². The van der Waals surface area contributed by atoms with E-state index in [2.05, 4.69) is 152 Å². The van der Waals surface area contributed by atoms with Crippen LogP contribution < -0.4 is 4.74 Å². The number of hydrogen-bond donors (Lipinski definition) is 0. The number of nitrogens with zero attached hydrogens (tertiary/aromatic N) is 3. The zero-order chi connectivity index (χ0) is 37.2. The molecule has 0 N–H and O–H groups in total. The second kappa shape index (κ2) is 12.5. The molecule has 11 rings (SSSR count). The second-order valence-electron chi connectivity index (χ2n) is 14.4. The third-order valence-corrected chi connectivity index (χ3v) is 11.4. The number of hydrogen-bond acceptors (Lipinski definition) is 4. The molecule has 1 aliphatic carbocycles. The Balaban J connectivity index is 1.23. The Kier molecular flexibility index (Phi) is 7.10. The van der Waals surface area contributed by atoms with Gasteiger partial charge in [0.25, 0.3) is 0 Å². The van der Waals surface area contributed by atoms with Gasteiger partial charge in [0.2, 0.25) is 0 Å². The van der Waals surface area contributed by atoms with Gasteiger partial charge in [0.1, 0.15) is 11.5 Å². The molecule has 260 valence electrons. The number of ether oxygens (including phenoxy) is 1. The number of para-hydroxylation sites is 2. The highest BCUT2D eigenvalue weighted by molar-refractivity contribution is 5.93. The number of fused-ring (bicyclic) bond motifs is 10. The number of benzene rings is 8. The second-order valence-corrected chi connectivity index (χ2v) is 14.4. The monoisotopic (exact) mass is 713 g/mol. The molecule has 0 unspecified atom stereocenters. The fourth-order valence-corrected chi connectivity index (χ4v) is 8.97. The van der Waals surface area contributed by atoms with Crippen molar-refractivity contribution in [3.63, 3.8) is 0 Å². The Morgan fingerprint density at radius 2 is 0.946 bits per heavy atom. The molecule has 8 aromatic carbocycles. The van der Waals surface area contributed by atoms with Gasteiger partial charge in [-0.3, -0.25) is 0 Å². The summed E-state index contributed by atoms with van der Waals surface area (Å²) in [5.74, 6) is 1.98. The predicted molar refractivity (Wildman–Crippen MR) is 223 cm³/mol. The summed E-state index contributed by atoms with van der Waals surface area (Å²) in [7, 11) is 0. The Bertz CT molecular complexity index is 3040. The molecule has 4 heteroatoms. The van der Waals surface area contributed by atoms with Crippen LogP contribution in [0.5, 0.6) is 11.5 Å². The molecular weight excluding hydrogens is 683 g/mol. The van der Waals surface area contributed by atoms with Crippen molar-refractivity contribution >= 4 is 10.8 Å². The van der Waals surface area contributed by atoms with E-state index in [1.54, 1.807) is 0 Å². The third-order valence-electron chi connectivity index (χ3n) is 11.4. The molecule has 0 bridgehead atoms. The Hall–Kier alpha value is -7.61. The largest absolute Gasteiger partial charge is 0.455 e. The average molecular weight is 714 g/mol. The molecule has 4 nitrogen and oxygen atoms in total. The Labute approximate surface area is 324 Å². The highest BCUT2D eigenvalue weighted by Gasteiger charge is 2.52. The summed E-state index contributed by atoms with van der Waals surface area (Å²) in [5, 5.41) is 12.6. The maximum atomic E-state index is 10.3. The standard InChI is InChI=1S/C52H31N3O/c53-32-37-18-6-7-19-38(37)41-22-12-26-45-49(41)56-50-42(23-13-27-46(50)52(45)43-24-10-8-20-39(43)40-21-9-11-25-44(40)52)51-54-47(34-15-2-1-3-16-34)31-48(55-51)36-29-28-33-14-4-5-17-35(33)30-36/h1-31H. The van der Waals surface area contributed by atoms with Crippen molar-refractivity contribution in [2.75, 3.05) is 0 Å². The zero-order valence-corrected chi connectivity index (χ0v) is 30.1. The summed E-state index contributed by atoms with van der Waals surface area (Å²) >= 11 is 0. The molecule has 2 heterocycles. The van der Waals surface area contributed by atoms with Gasteiger partial charge in [-0.1, -0.05) is 164 Å². The van der Waals surface area contributed by atoms with Gasteiger partial charge in [-0.2, -0.15) is 5.26 Å². The van der Waals surface area contributed by atoms with Gasteiger partial charge >= 0.3 is 0 Å². The van der Waals surface area contributed by atoms with Crippen molar-refractivity contribution in [2.45, 2.75) is 5.41 Å². The van der Waals surface area contributed by atoms with Crippen molar-refractivity contribution in [3.05, 3.63) is 216 Å². The lowest BCUT2D eigenvalue weighted by molar-refractivity contribution is 0.439. The van der Waals surface area contributed by atoms with Crippen LogP contribution >= 0.6 is 0 Å². The van der Waals surface area contributed by atoms with E-state index in [-0.39, 0.29) is 0 Å². The van der Waals surface area contributed by atoms with Gasteiger partial charge in [0.15, 0.2) is 5.82 Å². The molecule has 0 fully saturated rings. The molecule has 0 amide bonds. The molecule has 0 saturated heterocycles. The first-order chi connectivity index (χ1) is 27.7. The van der Waals surface area contributed by atoms with Crippen LogP contribution in [0, 0.1) is 11.3 Å². The number of aromatic nitrogens is 2. The first-order valence-corrected chi connectivity index (χ1v) is 18.8. The Morgan fingerprint density at radius 1 is 0.411 bits per heavy atom. The average Bonchev–Trinajstić information content (AvgIpc) is 3.56. The first kappa shape index (κ1) is 31.9. The number of rotatable bonds is 4. The summed E-state index contributed by atoms with van der Waals surface area (Å²) in [6.07, 6.45) is 0. The molecule has 0 saturated carbocycles. The fourth-order valence-electron chi connectivity index (χ4n) is 8.97. The molecule has 1 spiro atoms. The third kappa shape index (κ3) is 4.65. The van der Waals surface area contributed by atoms with Crippen LogP contribution in [0.2, 0.25) is 0 Å². The van der Waals surface area contributed by atoms with Crippen molar-refractivity contribution < 1.29 is 4.74 Å². The quantitative estimate of drug-likeness (QED) is 0.182. The molecule has 0 atom stereocenters. The van der Waals surface area contributed by atoms with Crippen molar-refractivity contribution in [1.82, 2.24) is 9.97 Å². The van der Waals surface area contributed by atoms with Gasteiger partial charge in [-0.15, -0.1) is 0 Å². The van der Waals surface area contributed by atoms with E-state index >= 15 is 0 Å². The topological polar surface area (TPSA) is 58.8 Å². The molecule has 9 aromatic rings. The van der Waals surface area contributed by atoms with Crippen molar-refractivity contribution in [1.29, 1.82) is 5.26 Å². The molecule has 1 aliphatic heterocycles. The molecular formula is C52H31N3O. The van der Waals surface area contributed by atoms with Gasteiger partial charge < -0.3 is 4.74 Å². The van der Waals surface area contributed by atoms with Crippen LogP contribution in [0.1, 0.15) is 27.8 Å². The summed E-state index contributed by atoms with van der Waals surface area (Å²) in [5.41, 5.74) is 12.8. The lowest BCUT2D eigenvalue weighted by atomic mass is 9.65. The van der Waals surface area contributed by atoms with Crippen molar-refractivity contribution in [3.8, 4) is 73.7 Å². The summed E-state index contributed by atoms with van der Waals surface area (Å²) < 4.78 is 7.32. The minimum atomic E-state index is -0.720. The summed E-state index contributed by atoms with van der Waals surface area (Å²) in [6.45, 7) is 0. The van der Waals surface area contributed by atoms with Gasteiger partial charge in [-0.05, 0) is 57.3 Å². The SMILES string of the molecule is N#Cc1ccccc1-c1cccc2c1Oc1c(-c3nc(-c4ccccc4)cc(-c4ccc5ccccc5c4)n3)cccc1C21c2ccccc2-c2ccccc21. The summed E-state index contributed by atoms with van der Waals surface area (Å²) in [4.78, 5) is 10.7. The Morgan fingerprint density at radius 3 is 1.66 bits per heavy atom. The van der Waals surface area contributed by atoms with Crippen LogP contribution in [0.25, 0.3) is 66.9 Å². The van der Waals surface area contributed by atoms with E-state index in [0.717, 1.165) is 61.5 Å². The molecule has 56 heavy (non-hydrogen) atoms. The van der Waals surface area contributed by atoms with Crippen LogP contribution in [-0.2, 0) is 5.41 Å². The molecule has 1 aromatic heterocycles. The minimum absolute atomic E-state index is 0.569. The smallest absolute Gasteiger partial charge is 0.164 e. The lowest BCUT2D eigenvalue weighted by Crippen LogP contribution is -2.32. The van der Waals surface area contributed by atoms with E-state index < -0.39 is 5.41 Å². The zero-order valence-electron chi connectivity index (χ0n) is 30.1. The molecule has 2 aliphatic rings. The van der Waals surface area contributed by atoms with Gasteiger partial charge in [0, 0.05) is 33.4 Å². The van der Waals surface area contributed by atoms with E-state index in [1.165, 1.54) is 27.6 Å². The predicted octanol–water partition coefficient (Wildman–Crippen LogP) is 12.6. The van der Waals surface area contributed by atoms with E-state index in [1.807, 2.05) is 42.5 Å². The highest BCUT2D eigenvalue weighted by atomic mass is 16.5. The highest BCUT2D eigenvalue weighted by Crippen LogP contribution is 2.64. The van der Waals surface area contributed by atoms with E-state index in [0.29, 0.717) is 17.1 Å². The lowest BCUT2D eigenvalue weighted by Gasteiger charge is -2.40. The van der Waals surface area contributed by atoms with Gasteiger partial charge in [0.05, 0.1) is 34.0 Å². The first-order valence-electron chi connectivity index (χ1n) is 18.8. The minimum Gasteiger partial charge on any atom is -0.455 e. The van der Waals surface area contributed by atoms with Crippen LogP contribution in [0.15, 0.2) is 188 Å². The fraction of sp³-hybridized carbons (Fsp3) is 0.0192. The van der Waals surface area contributed by atoms with Crippen molar-refractivity contribution in [2.24, 2.45) is 0 Å². The van der Waals surface area contributed by atoms with Gasteiger partial charge in [-0.25, -0.2) is 9.97 Å². The normalized spacial score (nSPS) is 12.9. The van der Waals surface area contributed by atoms with E-state index in [9.17, 15) is 5.26 Å². The maximum Gasteiger partial charge on any atom is 0.164 e. The number of nitriles is 1. The van der Waals surface area contributed by atoms with E-state index in [4.69, 9.17) is 14.7 Å². The van der Waals surface area contributed by atoms with Crippen LogP contribution in [-0.4, -0.2) is 9.97 Å². The molecule has 0 radical (unpaired) electrons.